The van der Waals surface area contributed by atoms with Crippen LogP contribution < -0.4 is 5.32 Å². The molecule has 8 nitrogen and oxygen atoms in total. The van der Waals surface area contributed by atoms with Crippen molar-refractivity contribution in [2.45, 2.75) is 6.61 Å². The maximum Gasteiger partial charge on any atom is 0.337 e. The Labute approximate surface area is 166 Å². The van der Waals surface area contributed by atoms with Crippen LogP contribution in [0.4, 0.5) is 5.69 Å². The molecular weight excluding hydrogens is 378 g/mol. The molecule has 0 unspecified atom stereocenters. The standard InChI is InChI=1S/C21H19NO7/c1-26-11-16-15-6-4-5-7-17(15)29-18(16)19(23)22-14-9-12(20(24)27-2)8-13(10-14)21(25)28-3/h4-10H,11H2,1-3H3,(H,22,23). The predicted molar refractivity (Wildman–Crippen MR) is 104 cm³/mol. The van der Waals surface area contributed by atoms with Crippen LogP contribution in [-0.4, -0.2) is 39.2 Å². The monoisotopic (exact) mass is 397 g/mol. The van der Waals surface area contributed by atoms with Crippen molar-refractivity contribution in [3.63, 3.8) is 0 Å². The number of rotatable bonds is 6. The molecule has 0 aliphatic carbocycles. The Kier molecular flexibility index (Phi) is 5.94. The van der Waals surface area contributed by atoms with E-state index in [-0.39, 0.29) is 29.2 Å². The van der Waals surface area contributed by atoms with Crippen LogP contribution in [-0.2, 0) is 20.8 Å². The Hall–Kier alpha value is -3.65. The molecular formula is C21H19NO7. The average Bonchev–Trinajstić information content (AvgIpc) is 3.11. The second-order valence-electron chi connectivity index (χ2n) is 6.08. The SMILES string of the molecule is COCc1c(C(=O)Nc2cc(C(=O)OC)cc(C(=O)OC)c2)oc2ccccc12. The summed E-state index contributed by atoms with van der Waals surface area (Å²) in [5.41, 5.74) is 1.53. The van der Waals surface area contributed by atoms with Gasteiger partial charge in [-0.1, -0.05) is 18.2 Å². The van der Waals surface area contributed by atoms with E-state index < -0.39 is 17.8 Å². The lowest BCUT2D eigenvalue weighted by atomic mass is 10.1. The van der Waals surface area contributed by atoms with Crippen molar-refractivity contribution in [2.24, 2.45) is 0 Å². The van der Waals surface area contributed by atoms with Gasteiger partial charge < -0.3 is 23.9 Å². The van der Waals surface area contributed by atoms with Crippen molar-refractivity contribution in [3.05, 3.63) is 64.9 Å². The highest BCUT2D eigenvalue weighted by Gasteiger charge is 2.22. The van der Waals surface area contributed by atoms with Gasteiger partial charge in [0.1, 0.15) is 5.58 Å². The first-order chi connectivity index (χ1) is 14.0. The summed E-state index contributed by atoms with van der Waals surface area (Å²) in [6.45, 7) is 0.176. The van der Waals surface area contributed by atoms with Crippen molar-refractivity contribution in [3.8, 4) is 0 Å². The highest BCUT2D eigenvalue weighted by atomic mass is 16.5. The number of hydrogen-bond donors (Lipinski definition) is 1. The molecule has 29 heavy (non-hydrogen) atoms. The number of benzene rings is 2. The fourth-order valence-corrected chi connectivity index (χ4v) is 2.93. The lowest BCUT2D eigenvalue weighted by Gasteiger charge is -2.09. The van der Waals surface area contributed by atoms with Crippen LogP contribution in [0.15, 0.2) is 46.9 Å². The van der Waals surface area contributed by atoms with E-state index in [2.05, 4.69) is 5.32 Å². The minimum Gasteiger partial charge on any atom is -0.465 e. The number of anilines is 1. The van der Waals surface area contributed by atoms with Gasteiger partial charge in [0.15, 0.2) is 5.76 Å². The maximum absolute atomic E-state index is 12.9. The zero-order valence-corrected chi connectivity index (χ0v) is 16.1. The van der Waals surface area contributed by atoms with E-state index in [0.717, 1.165) is 5.39 Å². The van der Waals surface area contributed by atoms with Crippen LogP contribution >= 0.6 is 0 Å². The number of ether oxygens (including phenoxy) is 3. The van der Waals surface area contributed by atoms with E-state index in [9.17, 15) is 14.4 Å². The first kappa shape index (κ1) is 20.1. The van der Waals surface area contributed by atoms with E-state index in [0.29, 0.717) is 11.1 Å². The summed E-state index contributed by atoms with van der Waals surface area (Å²) in [6.07, 6.45) is 0. The van der Waals surface area contributed by atoms with Crippen LogP contribution in [0.2, 0.25) is 0 Å². The van der Waals surface area contributed by atoms with Crippen molar-refractivity contribution < 1.29 is 33.0 Å². The van der Waals surface area contributed by atoms with Crippen molar-refractivity contribution in [2.75, 3.05) is 26.6 Å². The zero-order chi connectivity index (χ0) is 21.0. The van der Waals surface area contributed by atoms with Gasteiger partial charge in [0.25, 0.3) is 5.91 Å². The Morgan fingerprint density at radius 1 is 0.931 bits per heavy atom. The molecule has 150 valence electrons. The summed E-state index contributed by atoms with van der Waals surface area (Å²) < 4.78 is 20.3. The van der Waals surface area contributed by atoms with Crippen LogP contribution in [0.1, 0.15) is 36.8 Å². The average molecular weight is 397 g/mol. The highest BCUT2D eigenvalue weighted by Crippen LogP contribution is 2.27. The number of fused-ring (bicyclic) bond motifs is 1. The lowest BCUT2D eigenvalue weighted by Crippen LogP contribution is -2.15. The molecule has 3 rings (SSSR count). The molecule has 0 spiro atoms. The summed E-state index contributed by atoms with van der Waals surface area (Å²) in [4.78, 5) is 36.7. The number of amides is 1. The van der Waals surface area contributed by atoms with Crippen molar-refractivity contribution >= 4 is 34.5 Å². The molecule has 0 radical (unpaired) electrons. The smallest absolute Gasteiger partial charge is 0.337 e. The third-order valence-electron chi connectivity index (χ3n) is 4.23. The molecule has 1 amide bonds. The number of furan rings is 1. The van der Waals surface area contributed by atoms with E-state index in [1.807, 2.05) is 12.1 Å². The molecule has 1 heterocycles. The van der Waals surface area contributed by atoms with Gasteiger partial charge in [-0.15, -0.1) is 0 Å². The second-order valence-corrected chi connectivity index (χ2v) is 6.08. The Bertz CT molecular complexity index is 1050. The van der Waals surface area contributed by atoms with Crippen LogP contribution in [0.5, 0.6) is 0 Å². The molecule has 0 bridgehead atoms. The third-order valence-corrected chi connectivity index (χ3v) is 4.23. The zero-order valence-electron chi connectivity index (χ0n) is 16.1. The molecule has 0 saturated heterocycles. The molecule has 1 N–H and O–H groups in total. The lowest BCUT2D eigenvalue weighted by molar-refractivity contribution is 0.0599. The number of hydrogen-bond acceptors (Lipinski definition) is 7. The predicted octanol–water partition coefficient (Wildman–Crippen LogP) is 3.40. The summed E-state index contributed by atoms with van der Waals surface area (Å²) in [6, 6.07) is 11.3. The van der Waals surface area contributed by atoms with Crippen molar-refractivity contribution in [1.82, 2.24) is 0 Å². The van der Waals surface area contributed by atoms with E-state index in [1.54, 1.807) is 12.1 Å². The minimum absolute atomic E-state index is 0.0798. The van der Waals surface area contributed by atoms with Gasteiger partial charge in [-0.2, -0.15) is 0 Å². The summed E-state index contributed by atoms with van der Waals surface area (Å²) in [5.74, 6) is -1.78. The van der Waals surface area contributed by atoms with Gasteiger partial charge >= 0.3 is 11.9 Å². The molecule has 1 aromatic heterocycles. The molecule has 0 atom stereocenters. The molecule has 0 fully saturated rings. The summed E-state index contributed by atoms with van der Waals surface area (Å²) >= 11 is 0. The third kappa shape index (κ3) is 4.12. The van der Waals surface area contributed by atoms with Crippen LogP contribution in [0, 0.1) is 0 Å². The fraction of sp³-hybridized carbons (Fsp3) is 0.190. The first-order valence-electron chi connectivity index (χ1n) is 8.61. The van der Waals surface area contributed by atoms with Crippen LogP contribution in [0.3, 0.4) is 0 Å². The van der Waals surface area contributed by atoms with E-state index in [1.165, 1.54) is 39.5 Å². The second kappa shape index (κ2) is 8.57. The molecule has 0 aliphatic heterocycles. The Morgan fingerprint density at radius 3 is 2.14 bits per heavy atom. The van der Waals surface area contributed by atoms with Gasteiger partial charge in [-0.3, -0.25) is 4.79 Å². The van der Waals surface area contributed by atoms with E-state index >= 15 is 0 Å². The van der Waals surface area contributed by atoms with Crippen molar-refractivity contribution in [1.29, 1.82) is 0 Å². The number of methoxy groups -OCH3 is 3. The molecule has 8 heteroatoms. The fourth-order valence-electron chi connectivity index (χ4n) is 2.93. The number of para-hydroxylation sites is 1. The first-order valence-corrected chi connectivity index (χ1v) is 8.61. The topological polar surface area (TPSA) is 104 Å². The van der Waals surface area contributed by atoms with Gasteiger partial charge in [0.05, 0.1) is 32.0 Å². The van der Waals surface area contributed by atoms with Gasteiger partial charge in [-0.25, -0.2) is 9.59 Å². The molecule has 0 saturated carbocycles. The highest BCUT2D eigenvalue weighted by molar-refractivity contribution is 6.07. The van der Waals surface area contributed by atoms with E-state index in [4.69, 9.17) is 18.6 Å². The van der Waals surface area contributed by atoms with Crippen LogP contribution in [0.25, 0.3) is 11.0 Å². The minimum atomic E-state index is -0.657. The molecule has 0 aliphatic rings. The van der Waals surface area contributed by atoms with Gasteiger partial charge in [0, 0.05) is 23.7 Å². The summed E-state index contributed by atoms with van der Waals surface area (Å²) in [5, 5.41) is 3.42. The summed E-state index contributed by atoms with van der Waals surface area (Å²) in [7, 11) is 3.96. The number of carbonyl (C=O) groups excluding carboxylic acids is 3. The van der Waals surface area contributed by atoms with Gasteiger partial charge in [-0.05, 0) is 24.3 Å². The van der Waals surface area contributed by atoms with Gasteiger partial charge in [0.2, 0.25) is 0 Å². The molecule has 3 aromatic rings. The number of carbonyl (C=O) groups is 3. The maximum atomic E-state index is 12.9. The largest absolute Gasteiger partial charge is 0.465 e. The Morgan fingerprint density at radius 2 is 1.55 bits per heavy atom. The number of esters is 2. The number of nitrogens with one attached hydrogen (secondary N) is 1. The Balaban J connectivity index is 2.00. The normalized spacial score (nSPS) is 10.6. The molecule has 2 aromatic carbocycles. The quantitative estimate of drug-likeness (QED) is 0.636.